The molecular formula is C22H23N3O2S2. The van der Waals surface area contributed by atoms with Crippen molar-refractivity contribution in [3.63, 3.8) is 0 Å². The molecule has 0 spiro atoms. The molecule has 0 aliphatic carbocycles. The number of carbonyl (C=O) groups excluding carboxylic acids is 2. The van der Waals surface area contributed by atoms with E-state index in [2.05, 4.69) is 27.1 Å². The number of nitrogens with zero attached hydrogens (tertiary/aromatic N) is 1. The minimum Gasteiger partial charge on any atom is -0.350 e. The molecule has 1 aliphatic heterocycles. The number of rotatable bonds is 8. The lowest BCUT2D eigenvalue weighted by molar-refractivity contribution is -0.122. The average Bonchev–Trinajstić information content (AvgIpc) is 3.48. The lowest BCUT2D eigenvalue weighted by Crippen LogP contribution is -2.44. The zero-order valence-corrected chi connectivity index (χ0v) is 17.7. The SMILES string of the molecule is O=C(CCC1(Cc2ccsc2)CCC(=O)N1)NCc1csc(-c2ccccc2)n1. The van der Waals surface area contributed by atoms with Crippen LogP contribution < -0.4 is 10.6 Å². The fraction of sp³-hybridized carbons (Fsp3) is 0.318. The van der Waals surface area contributed by atoms with E-state index in [0.29, 0.717) is 25.8 Å². The summed E-state index contributed by atoms with van der Waals surface area (Å²) >= 11 is 3.24. The zero-order chi connectivity index (χ0) is 20.1. The third-order valence-electron chi connectivity index (χ3n) is 5.23. The van der Waals surface area contributed by atoms with E-state index in [-0.39, 0.29) is 17.4 Å². The van der Waals surface area contributed by atoms with Gasteiger partial charge in [-0.2, -0.15) is 11.3 Å². The second-order valence-electron chi connectivity index (χ2n) is 7.42. The lowest BCUT2D eigenvalue weighted by Gasteiger charge is -2.29. The molecular weight excluding hydrogens is 402 g/mol. The molecule has 2 aromatic heterocycles. The molecule has 150 valence electrons. The number of nitrogens with one attached hydrogen (secondary N) is 2. The largest absolute Gasteiger partial charge is 0.350 e. The molecule has 7 heteroatoms. The van der Waals surface area contributed by atoms with Crippen molar-refractivity contribution in [3.05, 3.63) is 63.8 Å². The molecule has 1 atom stereocenters. The van der Waals surface area contributed by atoms with Gasteiger partial charge >= 0.3 is 0 Å². The maximum Gasteiger partial charge on any atom is 0.220 e. The van der Waals surface area contributed by atoms with Gasteiger partial charge in [-0.25, -0.2) is 4.98 Å². The van der Waals surface area contributed by atoms with Crippen molar-refractivity contribution in [2.75, 3.05) is 0 Å². The highest BCUT2D eigenvalue weighted by atomic mass is 32.1. The van der Waals surface area contributed by atoms with E-state index in [4.69, 9.17) is 0 Å². The van der Waals surface area contributed by atoms with Gasteiger partial charge in [-0.05, 0) is 41.7 Å². The second-order valence-corrected chi connectivity index (χ2v) is 9.06. The van der Waals surface area contributed by atoms with Crippen molar-refractivity contribution >= 4 is 34.5 Å². The Labute approximate surface area is 178 Å². The molecule has 1 fully saturated rings. The van der Waals surface area contributed by atoms with Crippen LogP contribution in [0.25, 0.3) is 10.6 Å². The first-order valence-electron chi connectivity index (χ1n) is 9.71. The molecule has 1 unspecified atom stereocenters. The van der Waals surface area contributed by atoms with Gasteiger partial charge in [0.05, 0.1) is 12.2 Å². The highest BCUT2D eigenvalue weighted by Gasteiger charge is 2.37. The molecule has 29 heavy (non-hydrogen) atoms. The van der Waals surface area contributed by atoms with E-state index in [9.17, 15) is 9.59 Å². The summed E-state index contributed by atoms with van der Waals surface area (Å²) < 4.78 is 0. The van der Waals surface area contributed by atoms with Crippen molar-refractivity contribution in [2.45, 2.75) is 44.2 Å². The normalized spacial score (nSPS) is 18.6. The predicted molar refractivity (Wildman–Crippen MR) is 117 cm³/mol. The van der Waals surface area contributed by atoms with Gasteiger partial charge in [-0.1, -0.05) is 30.3 Å². The maximum absolute atomic E-state index is 12.4. The summed E-state index contributed by atoms with van der Waals surface area (Å²) in [5.74, 6) is 0.0710. The first-order valence-corrected chi connectivity index (χ1v) is 11.5. The summed E-state index contributed by atoms with van der Waals surface area (Å²) in [6.07, 6.45) is 3.13. The van der Waals surface area contributed by atoms with Crippen molar-refractivity contribution in [2.24, 2.45) is 0 Å². The van der Waals surface area contributed by atoms with Crippen LogP contribution in [0.4, 0.5) is 0 Å². The summed E-state index contributed by atoms with van der Waals surface area (Å²) in [5, 5.41) is 13.2. The van der Waals surface area contributed by atoms with E-state index in [1.807, 2.05) is 41.1 Å². The second kappa shape index (κ2) is 8.88. The van der Waals surface area contributed by atoms with E-state index >= 15 is 0 Å². The molecule has 0 radical (unpaired) electrons. The van der Waals surface area contributed by atoms with E-state index < -0.39 is 0 Å². The number of hydrogen-bond acceptors (Lipinski definition) is 5. The molecule has 0 bridgehead atoms. The van der Waals surface area contributed by atoms with Crippen molar-refractivity contribution < 1.29 is 9.59 Å². The van der Waals surface area contributed by atoms with E-state index in [1.165, 1.54) is 5.56 Å². The summed E-state index contributed by atoms with van der Waals surface area (Å²) in [4.78, 5) is 28.9. The molecule has 1 aromatic carbocycles. The highest BCUT2D eigenvalue weighted by Crippen LogP contribution is 2.30. The average molecular weight is 426 g/mol. The summed E-state index contributed by atoms with van der Waals surface area (Å²) in [7, 11) is 0. The van der Waals surface area contributed by atoms with Gasteiger partial charge in [0.2, 0.25) is 11.8 Å². The van der Waals surface area contributed by atoms with Gasteiger partial charge in [0, 0.05) is 29.3 Å². The molecule has 3 heterocycles. The van der Waals surface area contributed by atoms with Crippen molar-refractivity contribution in [3.8, 4) is 10.6 Å². The minimum atomic E-state index is -0.309. The number of thiophene rings is 1. The Bertz CT molecular complexity index is 969. The van der Waals surface area contributed by atoms with Crippen molar-refractivity contribution in [1.29, 1.82) is 0 Å². The monoisotopic (exact) mass is 425 g/mol. The van der Waals surface area contributed by atoms with Gasteiger partial charge in [0.15, 0.2) is 0 Å². The van der Waals surface area contributed by atoms with Crippen LogP contribution in [0.1, 0.15) is 36.9 Å². The van der Waals surface area contributed by atoms with Crippen LogP contribution in [-0.2, 0) is 22.6 Å². The predicted octanol–water partition coefficient (Wildman–Crippen LogP) is 4.16. The molecule has 4 rings (SSSR count). The number of carbonyl (C=O) groups is 2. The third kappa shape index (κ3) is 5.10. The van der Waals surface area contributed by atoms with Gasteiger partial charge in [-0.15, -0.1) is 11.3 Å². The molecule has 1 aliphatic rings. The molecule has 3 aromatic rings. The van der Waals surface area contributed by atoms with Crippen LogP contribution in [-0.4, -0.2) is 22.3 Å². The Morgan fingerprint density at radius 3 is 2.79 bits per heavy atom. The van der Waals surface area contributed by atoms with Gasteiger partial charge in [0.25, 0.3) is 0 Å². The van der Waals surface area contributed by atoms with Crippen LogP contribution in [0.2, 0.25) is 0 Å². The Hall–Kier alpha value is -2.51. The Morgan fingerprint density at radius 1 is 1.21 bits per heavy atom. The molecule has 2 N–H and O–H groups in total. The Morgan fingerprint density at radius 2 is 2.07 bits per heavy atom. The van der Waals surface area contributed by atoms with Gasteiger partial charge in [0.1, 0.15) is 5.01 Å². The number of amides is 2. The lowest BCUT2D eigenvalue weighted by atomic mass is 9.85. The fourth-order valence-electron chi connectivity index (χ4n) is 3.70. The number of aromatic nitrogens is 1. The summed E-state index contributed by atoms with van der Waals surface area (Å²) in [6, 6.07) is 12.1. The quantitative estimate of drug-likeness (QED) is 0.569. The molecule has 5 nitrogen and oxygen atoms in total. The molecule has 0 saturated carbocycles. The van der Waals surface area contributed by atoms with Crippen molar-refractivity contribution in [1.82, 2.24) is 15.6 Å². The van der Waals surface area contributed by atoms with Gasteiger partial charge in [-0.3, -0.25) is 9.59 Å². The molecule has 2 amide bonds. The van der Waals surface area contributed by atoms with Crippen LogP contribution in [0.3, 0.4) is 0 Å². The third-order valence-corrected chi connectivity index (χ3v) is 6.90. The Balaban J connectivity index is 1.30. The topological polar surface area (TPSA) is 71.1 Å². The standard InChI is InChI=1S/C22H23N3O2S2/c26-19(23-13-18-15-29-21(24-18)17-4-2-1-3-5-17)6-9-22(10-7-20(27)25-22)12-16-8-11-28-14-16/h1-5,8,11,14-15H,6-7,9-10,12-13H2,(H,23,26)(H,25,27). The first kappa shape index (κ1) is 19.8. The van der Waals surface area contributed by atoms with Crippen LogP contribution in [0.5, 0.6) is 0 Å². The number of hydrogen-bond donors (Lipinski definition) is 2. The van der Waals surface area contributed by atoms with E-state index in [0.717, 1.165) is 29.1 Å². The fourth-order valence-corrected chi connectivity index (χ4v) is 5.19. The van der Waals surface area contributed by atoms with Crippen LogP contribution in [0.15, 0.2) is 52.5 Å². The van der Waals surface area contributed by atoms with E-state index in [1.54, 1.807) is 22.7 Å². The highest BCUT2D eigenvalue weighted by molar-refractivity contribution is 7.13. The van der Waals surface area contributed by atoms with Crippen LogP contribution >= 0.6 is 22.7 Å². The smallest absolute Gasteiger partial charge is 0.220 e. The summed E-state index contributed by atoms with van der Waals surface area (Å²) in [6.45, 7) is 0.423. The molecule has 1 saturated heterocycles. The van der Waals surface area contributed by atoms with Gasteiger partial charge < -0.3 is 10.6 Å². The first-order chi connectivity index (χ1) is 14.1. The number of thiazole rings is 1. The summed E-state index contributed by atoms with van der Waals surface area (Å²) in [5.41, 5.74) is 2.86. The number of benzene rings is 1. The van der Waals surface area contributed by atoms with Crippen LogP contribution in [0, 0.1) is 0 Å². The zero-order valence-electron chi connectivity index (χ0n) is 16.0. The minimum absolute atomic E-state index is 0.00916. The maximum atomic E-state index is 12.4. The Kier molecular flexibility index (Phi) is 6.06.